The maximum atomic E-state index is 10.6. The molecule has 16 heavy (non-hydrogen) atoms. The molecule has 0 bridgehead atoms. The monoisotopic (exact) mass is 229 g/mol. The van der Waals surface area contributed by atoms with Gasteiger partial charge in [-0.2, -0.15) is 0 Å². The highest BCUT2D eigenvalue weighted by molar-refractivity contribution is 5.66. The Labute approximate surface area is 99.8 Å². The van der Waals surface area contributed by atoms with Gasteiger partial charge in [0.05, 0.1) is 6.42 Å². The van der Waals surface area contributed by atoms with E-state index in [9.17, 15) is 4.79 Å². The standard InChI is InChI=1S/C13H27NO2/c1-12(2,3)8-10-14(13(4,5)6)9-7-11(15)16/h7-10H2,1-6H3,(H,15,16). The van der Waals surface area contributed by atoms with E-state index in [1.165, 1.54) is 0 Å². The largest absolute Gasteiger partial charge is 0.481 e. The third kappa shape index (κ3) is 7.69. The van der Waals surface area contributed by atoms with Gasteiger partial charge in [-0.15, -0.1) is 0 Å². The highest BCUT2D eigenvalue weighted by Gasteiger charge is 2.23. The predicted molar refractivity (Wildman–Crippen MR) is 67.7 cm³/mol. The first-order chi connectivity index (χ1) is 7.02. The second-order valence-corrected chi connectivity index (χ2v) is 6.61. The first-order valence-electron chi connectivity index (χ1n) is 5.99. The molecular formula is C13H27NO2. The number of carbonyl (C=O) groups is 1. The van der Waals surface area contributed by atoms with E-state index in [1.54, 1.807) is 0 Å². The van der Waals surface area contributed by atoms with Crippen molar-refractivity contribution in [3.05, 3.63) is 0 Å². The molecule has 0 aromatic carbocycles. The molecule has 0 fully saturated rings. The summed E-state index contributed by atoms with van der Waals surface area (Å²) in [5, 5.41) is 8.73. The zero-order chi connectivity index (χ0) is 13.0. The third-order valence-electron chi connectivity index (χ3n) is 2.68. The zero-order valence-corrected chi connectivity index (χ0v) is 11.6. The van der Waals surface area contributed by atoms with Crippen LogP contribution in [-0.4, -0.2) is 34.6 Å². The second kappa shape index (κ2) is 5.67. The molecule has 0 saturated carbocycles. The first kappa shape index (κ1) is 15.4. The zero-order valence-electron chi connectivity index (χ0n) is 11.6. The van der Waals surface area contributed by atoms with Crippen LogP contribution in [0.2, 0.25) is 0 Å². The Bertz CT molecular complexity index is 223. The van der Waals surface area contributed by atoms with E-state index < -0.39 is 5.97 Å². The molecule has 0 unspecified atom stereocenters. The van der Waals surface area contributed by atoms with Crippen LogP contribution in [0.3, 0.4) is 0 Å². The molecule has 0 radical (unpaired) electrons. The van der Waals surface area contributed by atoms with Gasteiger partial charge < -0.3 is 5.11 Å². The van der Waals surface area contributed by atoms with Gasteiger partial charge in [0.2, 0.25) is 0 Å². The van der Waals surface area contributed by atoms with E-state index in [4.69, 9.17) is 5.11 Å². The minimum atomic E-state index is -0.718. The Morgan fingerprint density at radius 2 is 1.56 bits per heavy atom. The van der Waals surface area contributed by atoms with Crippen LogP contribution in [0.1, 0.15) is 54.4 Å². The minimum Gasteiger partial charge on any atom is -0.481 e. The SMILES string of the molecule is CC(C)(C)CCN(CCC(=O)O)C(C)(C)C. The van der Waals surface area contributed by atoms with Crippen molar-refractivity contribution in [1.29, 1.82) is 0 Å². The van der Waals surface area contributed by atoms with E-state index in [1.807, 2.05) is 0 Å². The molecule has 96 valence electrons. The van der Waals surface area contributed by atoms with Gasteiger partial charge in [-0.25, -0.2) is 0 Å². The van der Waals surface area contributed by atoms with E-state index in [0.29, 0.717) is 12.0 Å². The summed E-state index contributed by atoms with van der Waals surface area (Å²) in [4.78, 5) is 12.9. The number of nitrogens with zero attached hydrogens (tertiary/aromatic N) is 1. The van der Waals surface area contributed by atoms with E-state index >= 15 is 0 Å². The number of hydrogen-bond donors (Lipinski definition) is 1. The lowest BCUT2D eigenvalue weighted by Gasteiger charge is -2.37. The molecule has 3 heteroatoms. The van der Waals surface area contributed by atoms with Crippen molar-refractivity contribution in [3.63, 3.8) is 0 Å². The number of aliphatic carboxylic acids is 1. The van der Waals surface area contributed by atoms with Crippen LogP contribution >= 0.6 is 0 Å². The molecule has 0 heterocycles. The summed E-state index contributed by atoms with van der Waals surface area (Å²) < 4.78 is 0. The maximum Gasteiger partial charge on any atom is 0.304 e. The van der Waals surface area contributed by atoms with Gasteiger partial charge in [0.1, 0.15) is 0 Å². The van der Waals surface area contributed by atoms with Crippen molar-refractivity contribution in [2.75, 3.05) is 13.1 Å². The van der Waals surface area contributed by atoms with Gasteiger partial charge >= 0.3 is 5.97 Å². The Balaban J connectivity index is 4.28. The smallest absolute Gasteiger partial charge is 0.304 e. The molecule has 0 amide bonds. The molecule has 0 aromatic heterocycles. The number of carboxylic acid groups (broad SMARTS) is 1. The highest BCUT2D eigenvalue weighted by Crippen LogP contribution is 2.22. The summed E-state index contributed by atoms with van der Waals surface area (Å²) in [6.45, 7) is 14.6. The van der Waals surface area contributed by atoms with Crippen LogP contribution in [0.5, 0.6) is 0 Å². The predicted octanol–water partition coefficient (Wildman–Crippen LogP) is 3.00. The van der Waals surface area contributed by atoms with Gasteiger partial charge in [-0.05, 0) is 39.2 Å². The molecule has 0 spiro atoms. The molecule has 0 saturated heterocycles. The van der Waals surface area contributed by atoms with Gasteiger partial charge in [-0.3, -0.25) is 9.69 Å². The van der Waals surface area contributed by atoms with Crippen LogP contribution in [0.15, 0.2) is 0 Å². The van der Waals surface area contributed by atoms with E-state index in [-0.39, 0.29) is 12.0 Å². The third-order valence-corrected chi connectivity index (χ3v) is 2.68. The Morgan fingerprint density at radius 3 is 1.88 bits per heavy atom. The second-order valence-electron chi connectivity index (χ2n) is 6.61. The molecule has 0 atom stereocenters. The molecule has 3 nitrogen and oxygen atoms in total. The number of carboxylic acids is 1. The van der Waals surface area contributed by atoms with Crippen LogP contribution < -0.4 is 0 Å². The summed E-state index contributed by atoms with van der Waals surface area (Å²) in [5.74, 6) is -0.718. The van der Waals surface area contributed by atoms with Crippen molar-refractivity contribution in [2.45, 2.75) is 59.9 Å². The fourth-order valence-corrected chi connectivity index (χ4v) is 1.48. The lowest BCUT2D eigenvalue weighted by molar-refractivity contribution is -0.137. The highest BCUT2D eigenvalue weighted by atomic mass is 16.4. The van der Waals surface area contributed by atoms with Gasteiger partial charge in [0.15, 0.2) is 0 Å². The average molecular weight is 229 g/mol. The Kier molecular flexibility index (Phi) is 5.47. The normalized spacial score (nSPS) is 13.2. The van der Waals surface area contributed by atoms with Crippen LogP contribution in [0.4, 0.5) is 0 Å². The van der Waals surface area contributed by atoms with Crippen LogP contribution in [-0.2, 0) is 4.79 Å². The van der Waals surface area contributed by atoms with Gasteiger partial charge in [0.25, 0.3) is 0 Å². The molecule has 0 aromatic rings. The molecule has 0 aliphatic heterocycles. The van der Waals surface area contributed by atoms with Gasteiger partial charge in [0, 0.05) is 12.1 Å². The fraction of sp³-hybridized carbons (Fsp3) is 0.923. The minimum absolute atomic E-state index is 0.0424. The first-order valence-corrected chi connectivity index (χ1v) is 5.99. The molecular weight excluding hydrogens is 202 g/mol. The average Bonchev–Trinajstić information content (AvgIpc) is 1.98. The quantitative estimate of drug-likeness (QED) is 0.788. The van der Waals surface area contributed by atoms with Crippen LogP contribution in [0, 0.1) is 5.41 Å². The summed E-state index contributed by atoms with van der Waals surface area (Å²) in [7, 11) is 0. The van der Waals surface area contributed by atoms with E-state index in [0.717, 1.165) is 13.0 Å². The summed E-state index contributed by atoms with van der Waals surface area (Å²) in [5.41, 5.74) is 0.341. The summed E-state index contributed by atoms with van der Waals surface area (Å²) >= 11 is 0. The number of hydrogen-bond acceptors (Lipinski definition) is 2. The maximum absolute atomic E-state index is 10.6. The van der Waals surface area contributed by atoms with Crippen molar-refractivity contribution >= 4 is 5.97 Å². The Hall–Kier alpha value is -0.570. The Morgan fingerprint density at radius 1 is 1.06 bits per heavy atom. The van der Waals surface area contributed by atoms with Crippen molar-refractivity contribution in [1.82, 2.24) is 4.90 Å². The topological polar surface area (TPSA) is 40.5 Å². The van der Waals surface area contributed by atoms with Crippen molar-refractivity contribution in [3.8, 4) is 0 Å². The van der Waals surface area contributed by atoms with Gasteiger partial charge in [-0.1, -0.05) is 20.8 Å². The molecule has 1 N–H and O–H groups in total. The lowest BCUT2D eigenvalue weighted by Crippen LogP contribution is -2.44. The molecule has 0 aliphatic carbocycles. The molecule has 0 rings (SSSR count). The molecule has 0 aliphatic rings. The summed E-state index contributed by atoms with van der Waals surface area (Å²) in [6, 6.07) is 0. The lowest BCUT2D eigenvalue weighted by atomic mass is 9.91. The summed E-state index contributed by atoms with van der Waals surface area (Å²) in [6.07, 6.45) is 1.31. The number of rotatable bonds is 5. The fourth-order valence-electron chi connectivity index (χ4n) is 1.48. The van der Waals surface area contributed by atoms with Crippen molar-refractivity contribution in [2.24, 2.45) is 5.41 Å². The van der Waals surface area contributed by atoms with E-state index in [2.05, 4.69) is 46.4 Å². The van der Waals surface area contributed by atoms with Crippen molar-refractivity contribution < 1.29 is 9.90 Å². The van der Waals surface area contributed by atoms with Crippen LogP contribution in [0.25, 0.3) is 0 Å².